The summed E-state index contributed by atoms with van der Waals surface area (Å²) in [4.78, 5) is 15.8. The molecule has 0 bridgehead atoms. The predicted octanol–water partition coefficient (Wildman–Crippen LogP) is 2.56. The van der Waals surface area contributed by atoms with Crippen LogP contribution >= 0.6 is 11.3 Å². The molecule has 0 aromatic carbocycles. The molecule has 0 aliphatic rings. The Labute approximate surface area is 92.7 Å². The number of amidine groups is 1. The van der Waals surface area contributed by atoms with Crippen LogP contribution in [0.5, 0.6) is 0 Å². The third-order valence-corrected chi connectivity index (χ3v) is 2.30. The lowest BCUT2D eigenvalue weighted by molar-refractivity contribution is 0.200. The van der Waals surface area contributed by atoms with Crippen LogP contribution in [0.25, 0.3) is 0 Å². The molecule has 1 aromatic heterocycles. The van der Waals surface area contributed by atoms with Crippen molar-refractivity contribution in [2.75, 3.05) is 0 Å². The van der Waals surface area contributed by atoms with E-state index in [0.29, 0.717) is 5.84 Å². The summed E-state index contributed by atoms with van der Waals surface area (Å²) in [5.74, 6) is 0.407. The Morgan fingerprint density at radius 1 is 1.53 bits per heavy atom. The first-order valence-electron chi connectivity index (χ1n) is 4.52. The summed E-state index contributed by atoms with van der Waals surface area (Å²) in [5.41, 5.74) is -0.304. The highest BCUT2D eigenvalue weighted by Gasteiger charge is 2.14. The zero-order valence-corrected chi connectivity index (χ0v) is 9.76. The average Bonchev–Trinajstić information content (AvgIpc) is 2.50. The van der Waals surface area contributed by atoms with Crippen molar-refractivity contribution in [1.82, 2.24) is 5.32 Å². The SMILES string of the molecule is CC(C)(C)/N=C(\NC(=O)O)c1cccs1. The number of nitrogens with one attached hydrogen (secondary N) is 1. The average molecular weight is 226 g/mol. The van der Waals surface area contributed by atoms with Gasteiger partial charge in [0, 0.05) is 0 Å². The summed E-state index contributed by atoms with van der Waals surface area (Å²) in [6.45, 7) is 5.76. The molecule has 0 unspecified atom stereocenters. The minimum absolute atomic E-state index is 0.304. The number of carboxylic acid groups (broad SMARTS) is 1. The molecule has 0 saturated heterocycles. The zero-order chi connectivity index (χ0) is 11.5. The standard InChI is InChI=1S/C10H14N2O2S/c1-10(2,3)12-8(11-9(13)14)7-5-4-6-15-7/h4-6H,1-3H3,(H,11,12)(H,13,14). The summed E-state index contributed by atoms with van der Waals surface area (Å²) >= 11 is 1.46. The van der Waals surface area contributed by atoms with Crippen molar-refractivity contribution in [2.24, 2.45) is 4.99 Å². The number of carbonyl (C=O) groups is 1. The Kier molecular flexibility index (Phi) is 3.47. The van der Waals surface area contributed by atoms with Gasteiger partial charge in [-0.2, -0.15) is 0 Å². The van der Waals surface area contributed by atoms with Crippen LogP contribution < -0.4 is 5.32 Å². The number of aliphatic imine (C=N–C) groups is 1. The van der Waals surface area contributed by atoms with Gasteiger partial charge in [0.1, 0.15) is 5.84 Å². The number of rotatable bonds is 1. The molecule has 0 atom stereocenters. The van der Waals surface area contributed by atoms with E-state index in [-0.39, 0.29) is 5.54 Å². The number of nitrogens with zero attached hydrogens (tertiary/aromatic N) is 1. The smallest absolute Gasteiger partial charge is 0.410 e. The quantitative estimate of drug-likeness (QED) is 0.571. The third kappa shape index (κ3) is 4.12. The maximum atomic E-state index is 10.6. The second-order valence-electron chi connectivity index (χ2n) is 4.04. The van der Waals surface area contributed by atoms with E-state index in [0.717, 1.165) is 4.88 Å². The molecular weight excluding hydrogens is 212 g/mol. The van der Waals surface area contributed by atoms with Crippen molar-refractivity contribution in [3.63, 3.8) is 0 Å². The molecule has 4 nitrogen and oxygen atoms in total. The van der Waals surface area contributed by atoms with E-state index in [9.17, 15) is 4.79 Å². The van der Waals surface area contributed by atoms with Crippen molar-refractivity contribution < 1.29 is 9.90 Å². The first kappa shape index (κ1) is 11.7. The Morgan fingerprint density at radius 3 is 2.60 bits per heavy atom. The fraction of sp³-hybridized carbons (Fsp3) is 0.400. The van der Waals surface area contributed by atoms with Gasteiger partial charge in [-0.1, -0.05) is 6.07 Å². The van der Waals surface area contributed by atoms with Gasteiger partial charge in [-0.05, 0) is 32.2 Å². The number of thiophene rings is 1. The number of amides is 1. The third-order valence-electron chi connectivity index (χ3n) is 1.43. The first-order valence-corrected chi connectivity index (χ1v) is 5.40. The van der Waals surface area contributed by atoms with Crippen molar-refractivity contribution >= 4 is 23.3 Å². The highest BCUT2D eigenvalue weighted by Crippen LogP contribution is 2.13. The summed E-state index contributed by atoms with van der Waals surface area (Å²) in [5, 5.41) is 12.9. The van der Waals surface area contributed by atoms with Crippen LogP contribution in [0.2, 0.25) is 0 Å². The molecule has 2 N–H and O–H groups in total. The second-order valence-corrected chi connectivity index (χ2v) is 4.99. The van der Waals surface area contributed by atoms with Gasteiger partial charge < -0.3 is 5.11 Å². The van der Waals surface area contributed by atoms with Crippen molar-refractivity contribution in [3.8, 4) is 0 Å². The summed E-state index contributed by atoms with van der Waals surface area (Å²) in [7, 11) is 0. The molecule has 5 heteroatoms. The zero-order valence-electron chi connectivity index (χ0n) is 8.94. The van der Waals surface area contributed by atoms with Crippen LogP contribution in [0, 0.1) is 0 Å². The van der Waals surface area contributed by atoms with Gasteiger partial charge in [-0.25, -0.2) is 4.79 Å². The van der Waals surface area contributed by atoms with E-state index < -0.39 is 6.09 Å². The van der Waals surface area contributed by atoms with Crippen molar-refractivity contribution in [1.29, 1.82) is 0 Å². The molecule has 1 amide bonds. The normalized spacial score (nSPS) is 12.6. The monoisotopic (exact) mass is 226 g/mol. The molecule has 1 heterocycles. The van der Waals surface area contributed by atoms with Crippen LogP contribution in [-0.2, 0) is 0 Å². The lowest BCUT2D eigenvalue weighted by Gasteiger charge is -2.14. The maximum absolute atomic E-state index is 10.6. The molecule has 82 valence electrons. The van der Waals surface area contributed by atoms with Gasteiger partial charge in [-0.15, -0.1) is 11.3 Å². The Balaban J connectivity index is 2.99. The van der Waals surface area contributed by atoms with Gasteiger partial charge in [0.05, 0.1) is 10.4 Å². The fourth-order valence-electron chi connectivity index (χ4n) is 0.995. The predicted molar refractivity (Wildman–Crippen MR) is 61.8 cm³/mol. The van der Waals surface area contributed by atoms with Crippen LogP contribution in [-0.4, -0.2) is 22.6 Å². The van der Waals surface area contributed by atoms with E-state index in [2.05, 4.69) is 10.3 Å². The molecule has 1 rings (SSSR count). The molecule has 1 aromatic rings. The topological polar surface area (TPSA) is 61.7 Å². The number of hydrogen-bond donors (Lipinski definition) is 2. The van der Waals surface area contributed by atoms with Gasteiger partial charge >= 0.3 is 6.09 Å². The molecular formula is C10H14N2O2S. The molecule has 0 fully saturated rings. The largest absolute Gasteiger partial charge is 0.465 e. The van der Waals surface area contributed by atoms with Crippen molar-refractivity contribution in [2.45, 2.75) is 26.3 Å². The lowest BCUT2D eigenvalue weighted by Crippen LogP contribution is -2.31. The molecule has 0 radical (unpaired) electrons. The first-order chi connectivity index (χ1) is 6.88. The molecule has 0 spiro atoms. The summed E-state index contributed by atoms with van der Waals surface area (Å²) in [6, 6.07) is 3.70. The van der Waals surface area contributed by atoms with Gasteiger partial charge in [0.2, 0.25) is 0 Å². The Bertz CT molecular complexity index is 363. The van der Waals surface area contributed by atoms with Crippen LogP contribution in [0.4, 0.5) is 4.79 Å². The highest BCUT2D eigenvalue weighted by atomic mass is 32.1. The molecule has 15 heavy (non-hydrogen) atoms. The van der Waals surface area contributed by atoms with Gasteiger partial charge in [0.25, 0.3) is 0 Å². The van der Waals surface area contributed by atoms with Crippen LogP contribution in [0.1, 0.15) is 25.6 Å². The highest BCUT2D eigenvalue weighted by molar-refractivity contribution is 7.12. The second kappa shape index (κ2) is 4.44. The minimum atomic E-state index is -1.09. The Hall–Kier alpha value is -1.36. The minimum Gasteiger partial charge on any atom is -0.465 e. The van der Waals surface area contributed by atoms with E-state index >= 15 is 0 Å². The molecule has 0 saturated carbocycles. The van der Waals surface area contributed by atoms with E-state index in [1.54, 1.807) is 0 Å². The van der Waals surface area contributed by atoms with E-state index in [1.807, 2.05) is 38.3 Å². The number of hydrogen-bond acceptors (Lipinski definition) is 3. The van der Waals surface area contributed by atoms with E-state index in [1.165, 1.54) is 11.3 Å². The van der Waals surface area contributed by atoms with Gasteiger partial charge in [-0.3, -0.25) is 10.3 Å². The lowest BCUT2D eigenvalue weighted by atomic mass is 10.1. The summed E-state index contributed by atoms with van der Waals surface area (Å²) in [6.07, 6.45) is -1.09. The maximum Gasteiger partial charge on any atom is 0.410 e. The summed E-state index contributed by atoms with van der Waals surface area (Å²) < 4.78 is 0. The Morgan fingerprint density at radius 2 is 2.20 bits per heavy atom. The van der Waals surface area contributed by atoms with E-state index in [4.69, 9.17) is 5.11 Å². The van der Waals surface area contributed by atoms with Crippen LogP contribution in [0.15, 0.2) is 22.5 Å². The van der Waals surface area contributed by atoms with Gasteiger partial charge in [0.15, 0.2) is 0 Å². The fourth-order valence-corrected chi connectivity index (χ4v) is 1.66. The van der Waals surface area contributed by atoms with Crippen LogP contribution in [0.3, 0.4) is 0 Å². The molecule has 0 aliphatic heterocycles. The molecule has 0 aliphatic carbocycles. The van der Waals surface area contributed by atoms with Crippen molar-refractivity contribution in [3.05, 3.63) is 22.4 Å².